The van der Waals surface area contributed by atoms with Crippen molar-refractivity contribution in [1.29, 1.82) is 0 Å². The van der Waals surface area contributed by atoms with E-state index in [1.54, 1.807) is 0 Å². The van der Waals surface area contributed by atoms with E-state index in [0.717, 1.165) is 48.9 Å². The maximum atomic E-state index is 11.2. The van der Waals surface area contributed by atoms with E-state index in [1.165, 1.54) is 50.7 Å². The zero-order valence-corrected chi connectivity index (χ0v) is 16.9. The summed E-state index contributed by atoms with van der Waals surface area (Å²) in [4.78, 5) is 22.2. The van der Waals surface area contributed by atoms with Gasteiger partial charge in [0.15, 0.2) is 0 Å². The average molecular weight is 377 g/mol. The molecule has 0 radical (unpaired) electrons. The lowest BCUT2D eigenvalue weighted by Gasteiger charge is -2.26. The summed E-state index contributed by atoms with van der Waals surface area (Å²) >= 11 is 0. The molecule has 2 aliphatic rings. The van der Waals surface area contributed by atoms with Gasteiger partial charge in [-0.05, 0) is 68.1 Å². The SMILES string of the molecule is C=CC(=O)OCCCCCC1CC(C)C2CCC(CCCOC(=O)C=C)C12. The quantitative estimate of drug-likeness (QED) is 0.271. The fourth-order valence-electron chi connectivity index (χ4n) is 5.49. The number of hydrogen-bond donors (Lipinski definition) is 0. The third kappa shape index (κ3) is 6.51. The summed E-state index contributed by atoms with van der Waals surface area (Å²) in [6, 6.07) is 0. The van der Waals surface area contributed by atoms with E-state index in [2.05, 4.69) is 20.1 Å². The van der Waals surface area contributed by atoms with Crippen LogP contribution < -0.4 is 0 Å². The monoisotopic (exact) mass is 376 g/mol. The lowest BCUT2D eigenvalue weighted by Crippen LogP contribution is -2.19. The van der Waals surface area contributed by atoms with E-state index in [4.69, 9.17) is 9.47 Å². The van der Waals surface area contributed by atoms with Crippen LogP contribution in [0.3, 0.4) is 0 Å². The van der Waals surface area contributed by atoms with Crippen LogP contribution in [0, 0.1) is 29.6 Å². The summed E-state index contributed by atoms with van der Waals surface area (Å²) in [5, 5.41) is 0. The number of carbonyl (C=O) groups excluding carboxylic acids is 2. The largest absolute Gasteiger partial charge is 0.463 e. The third-order valence-corrected chi connectivity index (χ3v) is 6.62. The minimum Gasteiger partial charge on any atom is -0.463 e. The van der Waals surface area contributed by atoms with Gasteiger partial charge in [-0.25, -0.2) is 9.59 Å². The summed E-state index contributed by atoms with van der Waals surface area (Å²) in [6.07, 6.45) is 13.2. The van der Waals surface area contributed by atoms with Gasteiger partial charge < -0.3 is 9.47 Å². The summed E-state index contributed by atoms with van der Waals surface area (Å²) in [6.45, 7) is 10.3. The van der Waals surface area contributed by atoms with Crippen LogP contribution in [-0.4, -0.2) is 25.2 Å². The third-order valence-electron chi connectivity index (χ3n) is 6.62. The summed E-state index contributed by atoms with van der Waals surface area (Å²) < 4.78 is 10.2. The van der Waals surface area contributed by atoms with Crippen LogP contribution in [0.15, 0.2) is 25.3 Å². The van der Waals surface area contributed by atoms with Crippen LogP contribution in [-0.2, 0) is 19.1 Å². The highest BCUT2D eigenvalue weighted by molar-refractivity contribution is 5.81. The van der Waals surface area contributed by atoms with Crippen molar-refractivity contribution in [3.05, 3.63) is 25.3 Å². The lowest BCUT2D eigenvalue weighted by molar-refractivity contribution is -0.138. The van der Waals surface area contributed by atoms with Gasteiger partial charge in [0.1, 0.15) is 0 Å². The van der Waals surface area contributed by atoms with Crippen LogP contribution >= 0.6 is 0 Å². The highest BCUT2D eigenvalue weighted by Crippen LogP contribution is 2.56. The maximum Gasteiger partial charge on any atom is 0.330 e. The van der Waals surface area contributed by atoms with Crippen molar-refractivity contribution in [2.45, 2.75) is 64.7 Å². The fourth-order valence-corrected chi connectivity index (χ4v) is 5.49. The first kappa shape index (κ1) is 21.7. The van der Waals surface area contributed by atoms with Crippen molar-refractivity contribution < 1.29 is 19.1 Å². The van der Waals surface area contributed by atoms with Crippen LogP contribution in [0.2, 0.25) is 0 Å². The zero-order chi connectivity index (χ0) is 19.6. The fraction of sp³-hybridized carbons (Fsp3) is 0.739. The molecular formula is C23H36O4. The number of ether oxygens (including phenoxy) is 2. The van der Waals surface area contributed by atoms with Gasteiger partial charge >= 0.3 is 11.9 Å². The molecule has 0 aromatic carbocycles. The van der Waals surface area contributed by atoms with E-state index < -0.39 is 0 Å². The molecule has 5 unspecified atom stereocenters. The molecule has 0 amide bonds. The average Bonchev–Trinajstić information content (AvgIpc) is 3.22. The first-order valence-corrected chi connectivity index (χ1v) is 10.6. The van der Waals surface area contributed by atoms with E-state index in [9.17, 15) is 9.59 Å². The molecule has 0 aliphatic heterocycles. The number of hydrogen-bond acceptors (Lipinski definition) is 4. The van der Waals surface area contributed by atoms with Gasteiger partial charge in [-0.1, -0.05) is 39.3 Å². The molecule has 2 fully saturated rings. The first-order chi connectivity index (χ1) is 13.1. The Hall–Kier alpha value is -1.58. The van der Waals surface area contributed by atoms with E-state index in [-0.39, 0.29) is 11.9 Å². The highest BCUT2D eigenvalue weighted by atomic mass is 16.5. The molecule has 0 spiro atoms. The molecule has 0 heterocycles. The molecule has 152 valence electrons. The molecule has 2 aliphatic carbocycles. The molecular weight excluding hydrogens is 340 g/mol. The van der Waals surface area contributed by atoms with Gasteiger partial charge in [-0.15, -0.1) is 0 Å². The number of fused-ring (bicyclic) bond motifs is 1. The predicted octanol–water partition coefficient (Wildman–Crippen LogP) is 5.08. The second kappa shape index (κ2) is 11.3. The molecule has 2 rings (SSSR count). The smallest absolute Gasteiger partial charge is 0.330 e. The topological polar surface area (TPSA) is 52.6 Å². The van der Waals surface area contributed by atoms with Crippen molar-refractivity contribution in [1.82, 2.24) is 0 Å². The number of unbranched alkanes of at least 4 members (excludes halogenated alkanes) is 2. The van der Waals surface area contributed by atoms with E-state index in [0.29, 0.717) is 13.2 Å². The van der Waals surface area contributed by atoms with Crippen molar-refractivity contribution in [3.8, 4) is 0 Å². The van der Waals surface area contributed by atoms with Crippen molar-refractivity contribution >= 4 is 11.9 Å². The molecule has 4 nitrogen and oxygen atoms in total. The van der Waals surface area contributed by atoms with Gasteiger partial charge in [0.05, 0.1) is 13.2 Å². The van der Waals surface area contributed by atoms with Crippen LogP contribution in [0.5, 0.6) is 0 Å². The van der Waals surface area contributed by atoms with Gasteiger partial charge in [0, 0.05) is 12.2 Å². The van der Waals surface area contributed by atoms with Crippen molar-refractivity contribution in [2.75, 3.05) is 13.2 Å². The molecule has 0 N–H and O–H groups in total. The highest BCUT2D eigenvalue weighted by Gasteiger charge is 2.47. The number of esters is 2. The van der Waals surface area contributed by atoms with Crippen molar-refractivity contribution in [2.24, 2.45) is 29.6 Å². The Morgan fingerprint density at radius 3 is 2.19 bits per heavy atom. The summed E-state index contributed by atoms with van der Waals surface area (Å²) in [5.41, 5.74) is 0. The van der Waals surface area contributed by atoms with Gasteiger partial charge in [0.2, 0.25) is 0 Å². The van der Waals surface area contributed by atoms with Crippen LogP contribution in [0.25, 0.3) is 0 Å². The van der Waals surface area contributed by atoms with Gasteiger partial charge in [-0.3, -0.25) is 0 Å². The first-order valence-electron chi connectivity index (χ1n) is 10.6. The van der Waals surface area contributed by atoms with Gasteiger partial charge in [-0.2, -0.15) is 0 Å². The Balaban J connectivity index is 1.69. The van der Waals surface area contributed by atoms with Crippen LogP contribution in [0.1, 0.15) is 64.7 Å². The Morgan fingerprint density at radius 2 is 1.52 bits per heavy atom. The second-order valence-electron chi connectivity index (χ2n) is 8.29. The Morgan fingerprint density at radius 1 is 0.889 bits per heavy atom. The predicted molar refractivity (Wildman–Crippen MR) is 107 cm³/mol. The van der Waals surface area contributed by atoms with Gasteiger partial charge in [0.25, 0.3) is 0 Å². The minimum atomic E-state index is -0.324. The number of rotatable bonds is 12. The standard InChI is InChI=1S/C23H36O4/c1-4-21(24)26-14-8-6-7-10-19-16-17(3)20-13-12-18(23(19)20)11-9-15-27-22(25)5-2/h4-5,17-20,23H,1-2,6-16H2,3H3. The molecule has 0 aromatic heterocycles. The normalized spacial score (nSPS) is 29.1. The molecule has 0 saturated heterocycles. The number of carbonyl (C=O) groups is 2. The summed E-state index contributed by atoms with van der Waals surface area (Å²) in [5.74, 6) is 3.58. The molecule has 0 aromatic rings. The van der Waals surface area contributed by atoms with E-state index >= 15 is 0 Å². The molecule has 0 bridgehead atoms. The minimum absolute atomic E-state index is 0.314. The lowest BCUT2D eigenvalue weighted by atomic mass is 9.80. The molecule has 5 atom stereocenters. The zero-order valence-electron chi connectivity index (χ0n) is 16.9. The van der Waals surface area contributed by atoms with E-state index in [1.807, 2.05) is 0 Å². The van der Waals surface area contributed by atoms with Crippen molar-refractivity contribution in [3.63, 3.8) is 0 Å². The summed E-state index contributed by atoms with van der Waals surface area (Å²) in [7, 11) is 0. The Labute approximate surface area is 164 Å². The second-order valence-corrected chi connectivity index (χ2v) is 8.29. The molecule has 2 saturated carbocycles. The molecule has 27 heavy (non-hydrogen) atoms. The Bertz CT molecular complexity index is 513. The maximum absolute atomic E-state index is 11.2. The Kier molecular flexibility index (Phi) is 9.09. The van der Waals surface area contributed by atoms with Crippen LogP contribution in [0.4, 0.5) is 0 Å². The molecule has 4 heteroatoms.